The van der Waals surface area contributed by atoms with E-state index in [1.54, 1.807) is 45.8 Å². The van der Waals surface area contributed by atoms with Gasteiger partial charge in [-0.15, -0.1) is 32.9 Å². The fourth-order valence-corrected chi connectivity index (χ4v) is 13.1. The zero-order chi connectivity index (χ0) is 57.7. The van der Waals surface area contributed by atoms with Crippen LogP contribution in [0.5, 0.6) is 5.75 Å². The molecule has 3 aliphatic rings. The number of rotatable bonds is 15. The number of aromatic nitrogens is 4. The van der Waals surface area contributed by atoms with Gasteiger partial charge in [-0.25, -0.2) is 4.98 Å². The summed E-state index contributed by atoms with van der Waals surface area (Å²) in [6.07, 6.45) is 2.32. The van der Waals surface area contributed by atoms with Gasteiger partial charge >= 0.3 is 5.97 Å². The summed E-state index contributed by atoms with van der Waals surface area (Å²) in [4.78, 5) is 81.5. The van der Waals surface area contributed by atoms with Crippen LogP contribution in [0.15, 0.2) is 112 Å². The van der Waals surface area contributed by atoms with E-state index >= 15 is 0 Å². The third kappa shape index (κ3) is 11.1. The predicted molar refractivity (Wildman–Crippen MR) is 316 cm³/mol. The molecular formula is C63H65N9O8S2. The second-order valence-electron chi connectivity index (χ2n) is 22.6. The number of aryl methyl sites for hydroxylation is 3. The van der Waals surface area contributed by atoms with Crippen LogP contribution in [0.3, 0.4) is 0 Å². The van der Waals surface area contributed by atoms with Crippen LogP contribution in [0.25, 0.3) is 37.5 Å². The van der Waals surface area contributed by atoms with E-state index in [9.17, 15) is 24.0 Å². The van der Waals surface area contributed by atoms with Gasteiger partial charge in [0, 0.05) is 52.4 Å². The van der Waals surface area contributed by atoms with Crippen molar-refractivity contribution in [2.75, 3.05) is 13.7 Å². The van der Waals surface area contributed by atoms with Gasteiger partial charge in [-0.1, -0.05) is 81.4 Å². The summed E-state index contributed by atoms with van der Waals surface area (Å²) in [7, 11) is 1.37. The van der Waals surface area contributed by atoms with Crippen molar-refractivity contribution in [1.82, 2.24) is 40.6 Å². The normalized spacial score (nSPS) is 18.3. The summed E-state index contributed by atoms with van der Waals surface area (Å²) in [5.74, 6) is 0.322. The maximum Gasteiger partial charge on any atom is 0.308 e. The number of carbonyl (C=O) groups is 5. The van der Waals surface area contributed by atoms with Crippen LogP contribution >= 0.6 is 22.7 Å². The summed E-state index contributed by atoms with van der Waals surface area (Å²) in [6.45, 7) is 16.1. The summed E-state index contributed by atoms with van der Waals surface area (Å²) in [5, 5.41) is 19.7. The van der Waals surface area contributed by atoms with Crippen LogP contribution in [0.1, 0.15) is 137 Å². The highest BCUT2D eigenvalue weighted by Gasteiger charge is 2.43. The number of furan rings is 1. The molecule has 17 nitrogen and oxygen atoms in total. The Morgan fingerprint density at radius 2 is 1.52 bits per heavy atom. The highest BCUT2D eigenvalue weighted by molar-refractivity contribution is 7.15. The molecule has 4 aromatic heterocycles. The largest absolute Gasteiger partial charge is 0.490 e. The van der Waals surface area contributed by atoms with Gasteiger partial charge in [-0.3, -0.25) is 33.5 Å². The zero-order valence-corrected chi connectivity index (χ0v) is 48.9. The van der Waals surface area contributed by atoms with Crippen molar-refractivity contribution in [2.24, 2.45) is 10.4 Å². The van der Waals surface area contributed by atoms with Crippen LogP contribution in [-0.2, 0) is 19.1 Å². The molecule has 1 saturated heterocycles. The fourth-order valence-electron chi connectivity index (χ4n) is 11.1. The van der Waals surface area contributed by atoms with Crippen molar-refractivity contribution in [3.8, 4) is 32.3 Å². The summed E-state index contributed by atoms with van der Waals surface area (Å²) >= 11 is 3.25. The Morgan fingerprint density at radius 3 is 2.21 bits per heavy atom. The van der Waals surface area contributed by atoms with Gasteiger partial charge in [0.25, 0.3) is 11.8 Å². The molecule has 2 aliphatic heterocycles. The number of likely N-dealkylation sites (tertiary alicyclic amines) is 1. The van der Waals surface area contributed by atoms with Gasteiger partial charge in [0.15, 0.2) is 11.6 Å². The monoisotopic (exact) mass is 1140 g/mol. The van der Waals surface area contributed by atoms with Crippen molar-refractivity contribution >= 4 is 69.0 Å². The van der Waals surface area contributed by atoms with Gasteiger partial charge in [-0.2, -0.15) is 0 Å². The van der Waals surface area contributed by atoms with Gasteiger partial charge in [-0.05, 0) is 117 Å². The lowest BCUT2D eigenvalue weighted by molar-refractivity contribution is -0.142. The molecule has 4 aromatic carbocycles. The van der Waals surface area contributed by atoms with E-state index in [0.29, 0.717) is 60.3 Å². The summed E-state index contributed by atoms with van der Waals surface area (Å²) in [6, 6.07) is 28.2. The minimum absolute atomic E-state index is 0.0267. The fraction of sp³-hybridized carbons (Fsp3) is 0.349. The zero-order valence-electron chi connectivity index (χ0n) is 47.3. The first-order valence-corrected chi connectivity index (χ1v) is 29.3. The highest BCUT2D eigenvalue weighted by Crippen LogP contribution is 2.40. The molecule has 11 rings (SSSR count). The Morgan fingerprint density at radius 1 is 0.829 bits per heavy atom. The molecule has 1 unspecified atom stereocenters. The molecule has 82 heavy (non-hydrogen) atoms. The first-order valence-electron chi connectivity index (χ1n) is 27.6. The van der Waals surface area contributed by atoms with Crippen molar-refractivity contribution in [3.05, 3.63) is 158 Å². The average molecular weight is 1140 g/mol. The number of thiazole rings is 1. The topological polar surface area (TPSA) is 212 Å². The number of amides is 4. The van der Waals surface area contributed by atoms with E-state index < -0.39 is 29.4 Å². The standard InChI is InChI=1S/C63H65N9O8S2/c1-33-36(4)82-62-53(33)54(67-48(31-52(73)78-9)57-70-69-37(5)72(57)62)41-18-14-39(15-19-41)40-16-22-43(23-17-40)58(74)66-45-29-47(30-45)79-46-24-25-50-44(27-46)28-51(80-50)60(76)68-56(63(6,7)8)61(77)71-26-10-11-49(71)59(75)65-34(2)38-12-20-42(21-13-38)55-35(3)64-32-81-55/h12-25,27-28,32,34,45,47-49,56H,10-11,26,29-31H2,1-9H3,(H,65,75)(H,66,74)(H,68,76)/t34-,45-,47+,48-,49-,56?/m0/s1. The molecule has 1 saturated carbocycles. The molecule has 1 aliphatic carbocycles. The number of methoxy groups -OCH3 is 1. The maximum atomic E-state index is 14.4. The van der Waals surface area contributed by atoms with Crippen LogP contribution in [-0.4, -0.2) is 97.8 Å². The number of esters is 1. The van der Waals surface area contributed by atoms with Crippen molar-refractivity contribution in [2.45, 2.75) is 124 Å². The number of hydrogen-bond acceptors (Lipinski definition) is 14. The Kier molecular flexibility index (Phi) is 15.3. The molecular weight excluding hydrogens is 1070 g/mol. The molecule has 8 aromatic rings. The molecule has 422 valence electrons. The number of hydrogen-bond donors (Lipinski definition) is 3. The molecule has 19 heteroatoms. The van der Waals surface area contributed by atoms with Crippen LogP contribution in [0.4, 0.5) is 0 Å². The average Bonchev–Trinajstić information content (AvgIpc) is 4.51. The van der Waals surface area contributed by atoms with Crippen LogP contribution in [0.2, 0.25) is 0 Å². The summed E-state index contributed by atoms with van der Waals surface area (Å²) < 4.78 is 19.4. The number of aliphatic imine (C=N–C) groups is 1. The number of benzene rings is 4. The Labute approximate surface area is 483 Å². The van der Waals surface area contributed by atoms with Crippen LogP contribution in [0, 0.1) is 33.1 Å². The minimum Gasteiger partial charge on any atom is -0.490 e. The van der Waals surface area contributed by atoms with E-state index in [0.717, 1.165) is 70.9 Å². The molecule has 0 spiro atoms. The highest BCUT2D eigenvalue weighted by atomic mass is 32.1. The molecule has 0 bridgehead atoms. The Hall–Kier alpha value is -8.29. The first-order chi connectivity index (χ1) is 39.3. The molecule has 4 atom stereocenters. The van der Waals surface area contributed by atoms with Gasteiger partial charge < -0.3 is 34.7 Å². The Balaban J connectivity index is 0.675. The quantitative estimate of drug-likeness (QED) is 0.0822. The van der Waals surface area contributed by atoms with E-state index in [2.05, 4.69) is 45.0 Å². The van der Waals surface area contributed by atoms with Crippen molar-refractivity contribution in [1.29, 1.82) is 0 Å². The number of ether oxygens (including phenoxy) is 2. The van der Waals surface area contributed by atoms with E-state index in [-0.39, 0.29) is 54.1 Å². The lowest BCUT2D eigenvalue weighted by Gasteiger charge is -2.35. The molecule has 0 radical (unpaired) electrons. The molecule has 2 fully saturated rings. The number of nitrogens with one attached hydrogen (secondary N) is 3. The third-order valence-corrected chi connectivity index (χ3v) is 18.1. The van der Waals surface area contributed by atoms with E-state index in [4.69, 9.17) is 18.9 Å². The van der Waals surface area contributed by atoms with Crippen LogP contribution < -0.4 is 20.7 Å². The third-order valence-electron chi connectivity index (χ3n) is 15.9. The second-order valence-corrected chi connectivity index (χ2v) is 24.7. The second kappa shape index (κ2) is 22.6. The molecule has 3 N–H and O–H groups in total. The number of nitrogens with zero attached hydrogens (tertiary/aromatic N) is 6. The van der Waals surface area contributed by atoms with Gasteiger partial charge in [0.2, 0.25) is 11.8 Å². The molecule has 6 heterocycles. The smallest absolute Gasteiger partial charge is 0.308 e. The summed E-state index contributed by atoms with van der Waals surface area (Å²) in [5.41, 5.74) is 10.9. The van der Waals surface area contributed by atoms with E-state index in [1.807, 2.05) is 130 Å². The number of carbonyl (C=O) groups excluding carboxylic acids is 5. The molecule has 4 amide bonds. The SMILES string of the molecule is COC(=O)C[C@@H]1N=C(c2ccc(-c3ccc(C(=O)N[C@H]4C[C@@H](Oc5ccc6oc(C(=O)NC(C(=O)N7CCC[C@H]7C(=O)N[C@@H](C)c7ccc(-c8scnc8C)cc7)C(C)(C)C)cc6c5)C4)cc3)cc2)c2c(sc(C)c2C)-n2c(C)nnc21. The first kappa shape index (κ1) is 55.6. The van der Waals surface area contributed by atoms with E-state index in [1.165, 1.54) is 7.11 Å². The lowest BCUT2D eigenvalue weighted by Crippen LogP contribution is -2.57. The Bertz CT molecular complexity index is 3790. The lowest BCUT2D eigenvalue weighted by atomic mass is 9.85. The predicted octanol–water partition coefficient (Wildman–Crippen LogP) is 10.9. The van der Waals surface area contributed by atoms with Crippen molar-refractivity contribution < 1.29 is 37.9 Å². The minimum atomic E-state index is -0.942. The number of thiophene rings is 1. The van der Waals surface area contributed by atoms with Gasteiger partial charge in [0.05, 0.1) is 41.4 Å². The maximum absolute atomic E-state index is 14.4. The van der Waals surface area contributed by atoms with Crippen molar-refractivity contribution in [3.63, 3.8) is 0 Å². The number of fused-ring (bicyclic) bond motifs is 4. The van der Waals surface area contributed by atoms with Gasteiger partial charge in [0.1, 0.15) is 46.4 Å².